The van der Waals surface area contributed by atoms with Gasteiger partial charge in [-0.15, -0.1) is 5.10 Å². The first-order valence-electron chi connectivity index (χ1n) is 7.81. The lowest BCUT2D eigenvalue weighted by molar-refractivity contribution is -0.117. The van der Waals surface area contributed by atoms with Crippen LogP contribution < -0.4 is 15.4 Å². The standard InChI is InChI=1S/C17H17N5O2/c1-24-13-6-3-2-5-12(13)18-14-7-4-8-15-19-17(21-22(14)15)20-16(23)11-9-10-11/h2-8,11,18H,9-10H2,1H3,(H,20,21,23). The number of ether oxygens (including phenoxy) is 1. The highest BCUT2D eigenvalue weighted by Crippen LogP contribution is 2.30. The van der Waals surface area contributed by atoms with E-state index in [0.717, 1.165) is 30.1 Å². The van der Waals surface area contributed by atoms with Gasteiger partial charge in [-0.25, -0.2) is 0 Å². The zero-order valence-electron chi connectivity index (χ0n) is 13.2. The van der Waals surface area contributed by atoms with Crippen molar-refractivity contribution in [3.8, 4) is 5.75 Å². The van der Waals surface area contributed by atoms with E-state index in [0.29, 0.717) is 11.6 Å². The molecule has 24 heavy (non-hydrogen) atoms. The predicted molar refractivity (Wildman–Crippen MR) is 90.6 cm³/mol. The Bertz CT molecular complexity index is 901. The molecule has 7 heteroatoms. The van der Waals surface area contributed by atoms with E-state index in [1.807, 2.05) is 42.5 Å². The molecule has 1 aliphatic rings. The Morgan fingerprint density at radius 2 is 2.04 bits per heavy atom. The topological polar surface area (TPSA) is 80.5 Å². The second kappa shape index (κ2) is 5.84. The van der Waals surface area contributed by atoms with Gasteiger partial charge in [0.05, 0.1) is 12.8 Å². The Balaban J connectivity index is 1.65. The molecule has 3 aromatic rings. The molecule has 1 aliphatic carbocycles. The number of carbonyl (C=O) groups is 1. The van der Waals surface area contributed by atoms with Crippen LogP contribution in [0.4, 0.5) is 17.5 Å². The monoisotopic (exact) mass is 323 g/mol. The lowest BCUT2D eigenvalue weighted by Crippen LogP contribution is -2.14. The molecule has 1 fully saturated rings. The summed E-state index contributed by atoms with van der Waals surface area (Å²) in [5.41, 5.74) is 1.48. The van der Waals surface area contributed by atoms with Crippen molar-refractivity contribution in [2.45, 2.75) is 12.8 Å². The average Bonchev–Trinajstić information content (AvgIpc) is 3.36. The van der Waals surface area contributed by atoms with E-state index in [1.165, 1.54) is 0 Å². The molecule has 0 radical (unpaired) electrons. The van der Waals surface area contributed by atoms with Crippen molar-refractivity contribution in [2.75, 3.05) is 17.7 Å². The van der Waals surface area contributed by atoms with E-state index in [9.17, 15) is 4.79 Å². The zero-order valence-corrected chi connectivity index (χ0v) is 13.2. The third-order valence-electron chi connectivity index (χ3n) is 3.91. The van der Waals surface area contributed by atoms with Crippen molar-refractivity contribution in [1.82, 2.24) is 14.6 Å². The fraction of sp³-hybridized carbons (Fsp3) is 0.235. The van der Waals surface area contributed by atoms with E-state index < -0.39 is 0 Å². The molecule has 0 bridgehead atoms. The van der Waals surface area contributed by atoms with Gasteiger partial charge in [-0.05, 0) is 37.1 Å². The van der Waals surface area contributed by atoms with Gasteiger partial charge >= 0.3 is 0 Å². The third kappa shape index (κ3) is 2.76. The molecule has 2 aromatic heterocycles. The number of methoxy groups -OCH3 is 1. The SMILES string of the molecule is COc1ccccc1Nc1cccc2nc(NC(=O)C3CC3)nn12. The number of aromatic nitrogens is 3. The van der Waals surface area contributed by atoms with Crippen molar-refractivity contribution in [3.63, 3.8) is 0 Å². The summed E-state index contributed by atoms with van der Waals surface area (Å²) in [6.45, 7) is 0. The minimum Gasteiger partial charge on any atom is -0.495 e. The van der Waals surface area contributed by atoms with Gasteiger partial charge in [-0.2, -0.15) is 9.50 Å². The van der Waals surface area contributed by atoms with Crippen LogP contribution in [0.15, 0.2) is 42.5 Å². The first-order valence-corrected chi connectivity index (χ1v) is 7.81. The molecule has 0 unspecified atom stereocenters. The van der Waals surface area contributed by atoms with Gasteiger partial charge in [-0.3, -0.25) is 10.1 Å². The fourth-order valence-corrected chi connectivity index (χ4v) is 2.50. The van der Waals surface area contributed by atoms with Crippen LogP contribution in [-0.4, -0.2) is 27.6 Å². The van der Waals surface area contributed by atoms with Crippen LogP contribution in [0.25, 0.3) is 5.65 Å². The summed E-state index contributed by atoms with van der Waals surface area (Å²) in [7, 11) is 1.63. The number of nitrogens with one attached hydrogen (secondary N) is 2. The molecule has 1 amide bonds. The molecule has 1 saturated carbocycles. The molecule has 2 N–H and O–H groups in total. The van der Waals surface area contributed by atoms with Crippen LogP contribution in [0.1, 0.15) is 12.8 Å². The van der Waals surface area contributed by atoms with Crippen LogP contribution >= 0.6 is 0 Å². The first kappa shape index (κ1) is 14.5. The van der Waals surface area contributed by atoms with E-state index >= 15 is 0 Å². The van der Waals surface area contributed by atoms with Crippen molar-refractivity contribution in [3.05, 3.63) is 42.5 Å². The molecular formula is C17H17N5O2. The summed E-state index contributed by atoms with van der Waals surface area (Å²) in [5, 5.41) is 10.4. The average molecular weight is 323 g/mol. The van der Waals surface area contributed by atoms with E-state index in [1.54, 1.807) is 11.6 Å². The Morgan fingerprint density at radius 3 is 2.83 bits per heavy atom. The van der Waals surface area contributed by atoms with Gasteiger partial charge in [0.2, 0.25) is 11.9 Å². The number of nitrogens with zero attached hydrogens (tertiary/aromatic N) is 3. The molecule has 0 aliphatic heterocycles. The first-order chi connectivity index (χ1) is 11.7. The van der Waals surface area contributed by atoms with Crippen molar-refractivity contribution in [1.29, 1.82) is 0 Å². The van der Waals surface area contributed by atoms with E-state index in [4.69, 9.17) is 4.74 Å². The van der Waals surface area contributed by atoms with Gasteiger partial charge < -0.3 is 10.1 Å². The van der Waals surface area contributed by atoms with Gasteiger partial charge in [0.15, 0.2) is 5.65 Å². The van der Waals surface area contributed by atoms with Crippen molar-refractivity contribution < 1.29 is 9.53 Å². The van der Waals surface area contributed by atoms with Crippen molar-refractivity contribution in [2.24, 2.45) is 5.92 Å². The zero-order chi connectivity index (χ0) is 16.5. The largest absolute Gasteiger partial charge is 0.495 e. The highest BCUT2D eigenvalue weighted by molar-refractivity contribution is 5.92. The number of para-hydroxylation sites is 2. The molecule has 2 heterocycles. The maximum atomic E-state index is 11.9. The van der Waals surface area contributed by atoms with Crippen LogP contribution in [0, 0.1) is 5.92 Å². The Hall–Kier alpha value is -3.09. The summed E-state index contributed by atoms with van der Waals surface area (Å²) < 4.78 is 7.02. The highest BCUT2D eigenvalue weighted by atomic mass is 16.5. The number of hydrogen-bond donors (Lipinski definition) is 2. The Labute approximate surface area is 138 Å². The van der Waals surface area contributed by atoms with Crippen LogP contribution in [0.3, 0.4) is 0 Å². The van der Waals surface area contributed by atoms with E-state index in [-0.39, 0.29) is 11.8 Å². The Kier molecular flexibility index (Phi) is 3.53. The molecule has 7 nitrogen and oxygen atoms in total. The van der Waals surface area contributed by atoms with Gasteiger partial charge in [0.25, 0.3) is 0 Å². The number of fused-ring (bicyclic) bond motifs is 1. The number of hydrogen-bond acceptors (Lipinski definition) is 5. The Morgan fingerprint density at radius 1 is 1.21 bits per heavy atom. The maximum absolute atomic E-state index is 11.9. The highest BCUT2D eigenvalue weighted by Gasteiger charge is 2.30. The number of anilines is 3. The second-order valence-electron chi connectivity index (χ2n) is 5.71. The smallest absolute Gasteiger partial charge is 0.249 e. The van der Waals surface area contributed by atoms with E-state index in [2.05, 4.69) is 20.7 Å². The maximum Gasteiger partial charge on any atom is 0.249 e. The summed E-state index contributed by atoms with van der Waals surface area (Å²) >= 11 is 0. The van der Waals surface area contributed by atoms with Gasteiger partial charge in [0, 0.05) is 5.92 Å². The minimum absolute atomic E-state index is 0.00913. The number of carbonyl (C=O) groups excluding carboxylic acids is 1. The minimum atomic E-state index is -0.00913. The summed E-state index contributed by atoms with van der Waals surface area (Å²) in [4.78, 5) is 16.2. The second-order valence-corrected chi connectivity index (χ2v) is 5.71. The molecule has 0 atom stereocenters. The quantitative estimate of drug-likeness (QED) is 0.754. The molecule has 0 saturated heterocycles. The summed E-state index contributed by atoms with van der Waals surface area (Å²) in [6.07, 6.45) is 1.89. The molecule has 1 aromatic carbocycles. The molecule has 4 rings (SSSR count). The predicted octanol–water partition coefficient (Wildman–Crippen LogP) is 2.83. The number of benzene rings is 1. The lowest BCUT2D eigenvalue weighted by Gasteiger charge is -2.11. The van der Waals surface area contributed by atoms with Gasteiger partial charge in [-0.1, -0.05) is 18.2 Å². The van der Waals surface area contributed by atoms with Crippen LogP contribution in [0.2, 0.25) is 0 Å². The summed E-state index contributed by atoms with van der Waals surface area (Å²) in [5.74, 6) is 1.89. The lowest BCUT2D eigenvalue weighted by atomic mass is 10.3. The van der Waals surface area contributed by atoms with Crippen molar-refractivity contribution >= 4 is 29.0 Å². The molecular weight excluding hydrogens is 306 g/mol. The number of amides is 1. The third-order valence-corrected chi connectivity index (χ3v) is 3.91. The van der Waals surface area contributed by atoms with Crippen LogP contribution in [-0.2, 0) is 4.79 Å². The number of rotatable bonds is 5. The van der Waals surface area contributed by atoms with Gasteiger partial charge in [0.1, 0.15) is 11.6 Å². The number of pyridine rings is 1. The van der Waals surface area contributed by atoms with Crippen LogP contribution in [0.5, 0.6) is 5.75 Å². The fourth-order valence-electron chi connectivity index (χ4n) is 2.50. The molecule has 0 spiro atoms. The summed E-state index contributed by atoms with van der Waals surface area (Å²) in [6, 6.07) is 13.2. The molecule has 122 valence electrons. The normalized spacial score (nSPS) is 13.7.